The van der Waals surface area contributed by atoms with Crippen LogP contribution in [0.3, 0.4) is 0 Å². The van der Waals surface area contributed by atoms with Crippen LogP contribution in [0.15, 0.2) is 16.8 Å². The minimum atomic E-state index is -2.73. The third-order valence-corrected chi connectivity index (χ3v) is 7.99. The van der Waals surface area contributed by atoms with Crippen molar-refractivity contribution in [3.8, 4) is 0 Å². The summed E-state index contributed by atoms with van der Waals surface area (Å²) in [5, 5.41) is 14.3. The maximum Gasteiger partial charge on any atom is 0.307 e. The molecular weight excluding hydrogens is 414 g/mol. The van der Waals surface area contributed by atoms with Crippen LogP contribution < -0.4 is 0 Å². The highest BCUT2D eigenvalue weighted by Crippen LogP contribution is 2.26. The number of ether oxygens (including phenoxy) is 1. The molecule has 1 aromatic rings. The largest absolute Gasteiger partial charge is 0.377 e. The quantitative estimate of drug-likeness (QED) is 0.478. The first-order chi connectivity index (χ1) is 14.2. The van der Waals surface area contributed by atoms with Crippen molar-refractivity contribution in [2.45, 2.75) is 50.5 Å². The predicted octanol–water partition coefficient (Wildman–Crippen LogP) is 1.22. The Balaban J connectivity index is 1.57. The van der Waals surface area contributed by atoms with Gasteiger partial charge in [-0.25, -0.2) is 4.21 Å². The van der Waals surface area contributed by atoms with E-state index < -0.39 is 14.7 Å². The van der Waals surface area contributed by atoms with Crippen molar-refractivity contribution in [1.29, 1.82) is 0 Å². The number of carbonyl (C=O) groups is 2. The lowest BCUT2D eigenvalue weighted by Gasteiger charge is -2.32. The number of amides is 2. The first-order valence-electron chi connectivity index (χ1n) is 10.0. The number of likely N-dealkylation sites (tertiary alicyclic amines) is 1. The Morgan fingerprint density at radius 1 is 1.37 bits per heavy atom. The van der Waals surface area contributed by atoms with Crippen LogP contribution in [0, 0.1) is 16.0 Å². The summed E-state index contributed by atoms with van der Waals surface area (Å²) < 4.78 is 24.0. The zero-order chi connectivity index (χ0) is 21.9. The maximum atomic E-state index is 13.1. The monoisotopic (exact) mass is 441 g/mol. The van der Waals surface area contributed by atoms with Crippen LogP contribution in [0.5, 0.6) is 0 Å². The van der Waals surface area contributed by atoms with Gasteiger partial charge in [0.1, 0.15) is 18.9 Å². The van der Waals surface area contributed by atoms with E-state index in [9.17, 15) is 23.9 Å². The molecule has 0 bridgehead atoms. The van der Waals surface area contributed by atoms with Gasteiger partial charge in [0, 0.05) is 31.2 Å². The van der Waals surface area contributed by atoms with E-state index in [2.05, 4.69) is 9.46 Å². The average Bonchev–Trinajstić information content (AvgIpc) is 3.37. The zero-order valence-electron chi connectivity index (χ0n) is 17.1. The topological polar surface area (TPSA) is 137 Å². The number of hydrogen-bond donors (Lipinski definition) is 0. The molecule has 0 spiro atoms. The second-order valence-electron chi connectivity index (χ2n) is 7.74. The second-order valence-corrected chi connectivity index (χ2v) is 10.3. The van der Waals surface area contributed by atoms with Gasteiger partial charge in [-0.1, -0.05) is 6.92 Å². The highest BCUT2D eigenvalue weighted by molar-refractivity contribution is 7.93. The van der Waals surface area contributed by atoms with Gasteiger partial charge in [0.15, 0.2) is 0 Å². The van der Waals surface area contributed by atoms with E-state index in [1.165, 1.54) is 17.1 Å². The summed E-state index contributed by atoms with van der Waals surface area (Å²) in [4.78, 5) is 36.8. The Morgan fingerprint density at radius 2 is 2.07 bits per heavy atom. The maximum absolute atomic E-state index is 13.1. The first-order valence-corrected chi connectivity index (χ1v) is 12.0. The summed E-state index contributed by atoms with van der Waals surface area (Å²) in [7, 11) is -2.73. The minimum absolute atomic E-state index is 0.0943. The fourth-order valence-corrected chi connectivity index (χ4v) is 5.70. The summed E-state index contributed by atoms with van der Waals surface area (Å²) >= 11 is 0. The van der Waals surface area contributed by atoms with Crippen LogP contribution >= 0.6 is 0 Å². The Hall–Kier alpha value is -2.34. The van der Waals surface area contributed by atoms with Gasteiger partial charge in [-0.2, -0.15) is 9.46 Å². The van der Waals surface area contributed by atoms with Crippen LogP contribution in [-0.4, -0.2) is 72.9 Å². The highest BCUT2D eigenvalue weighted by Gasteiger charge is 2.35. The fraction of sp³-hybridized carbons (Fsp3) is 0.722. The van der Waals surface area contributed by atoms with Crippen LogP contribution in [0.2, 0.25) is 0 Å². The Labute approximate surface area is 175 Å². The molecule has 0 aliphatic carbocycles. The summed E-state index contributed by atoms with van der Waals surface area (Å²) in [5.41, 5.74) is -0.170. The number of rotatable bonds is 6. The van der Waals surface area contributed by atoms with E-state index in [1.807, 2.05) is 6.92 Å². The molecule has 3 atom stereocenters. The van der Waals surface area contributed by atoms with Crippen LogP contribution in [0.4, 0.5) is 5.69 Å². The molecule has 2 aliphatic heterocycles. The third kappa shape index (κ3) is 5.04. The lowest BCUT2D eigenvalue weighted by atomic mass is 9.99. The van der Waals surface area contributed by atoms with Gasteiger partial charge in [-0.05, 0) is 25.7 Å². The summed E-state index contributed by atoms with van der Waals surface area (Å²) in [6.07, 6.45) is 5.96. The number of aromatic nitrogens is 2. The molecule has 12 heteroatoms. The van der Waals surface area contributed by atoms with Gasteiger partial charge in [0.2, 0.25) is 5.91 Å². The molecule has 1 unspecified atom stereocenters. The van der Waals surface area contributed by atoms with Crippen molar-refractivity contribution in [2.75, 3.05) is 26.0 Å². The van der Waals surface area contributed by atoms with E-state index >= 15 is 0 Å². The molecule has 2 fully saturated rings. The Morgan fingerprint density at radius 3 is 2.67 bits per heavy atom. The smallest absolute Gasteiger partial charge is 0.307 e. The molecule has 0 radical (unpaired) electrons. The van der Waals surface area contributed by atoms with Gasteiger partial charge < -0.3 is 9.64 Å². The van der Waals surface area contributed by atoms with Crippen molar-refractivity contribution in [1.82, 2.24) is 14.7 Å². The summed E-state index contributed by atoms with van der Waals surface area (Å²) in [6.45, 7) is 3.17. The SMILES string of the molecule is CC[C@@H]1OCC[C@H]1C(=O)N=S(C)(=O)C1CCN(C(=O)Cn2cc([N+](=O)[O-])cn2)CC1. The molecule has 1 aromatic heterocycles. The van der Waals surface area contributed by atoms with Crippen molar-refractivity contribution in [3.05, 3.63) is 22.5 Å². The molecule has 2 amide bonds. The van der Waals surface area contributed by atoms with Crippen molar-refractivity contribution in [2.24, 2.45) is 10.3 Å². The fourth-order valence-electron chi connectivity index (χ4n) is 3.97. The number of hydrogen-bond acceptors (Lipinski definition) is 7. The van der Waals surface area contributed by atoms with Crippen LogP contribution in [-0.2, 0) is 30.6 Å². The Bertz CT molecular complexity index is 929. The van der Waals surface area contributed by atoms with E-state index in [0.717, 1.165) is 12.6 Å². The van der Waals surface area contributed by atoms with Gasteiger partial charge in [0.25, 0.3) is 5.91 Å². The molecule has 2 saturated heterocycles. The molecule has 3 heterocycles. The van der Waals surface area contributed by atoms with E-state index in [1.54, 1.807) is 4.90 Å². The molecule has 11 nitrogen and oxygen atoms in total. The molecule has 2 aliphatic rings. The number of carbonyl (C=O) groups excluding carboxylic acids is 2. The third-order valence-electron chi connectivity index (χ3n) is 5.74. The molecule has 0 N–H and O–H groups in total. The van der Waals surface area contributed by atoms with Crippen molar-refractivity contribution < 1.29 is 23.5 Å². The number of piperidine rings is 1. The molecule has 30 heavy (non-hydrogen) atoms. The van der Waals surface area contributed by atoms with E-state index in [4.69, 9.17) is 4.74 Å². The number of nitrogens with zero attached hydrogens (tertiary/aromatic N) is 5. The lowest BCUT2D eigenvalue weighted by Crippen LogP contribution is -2.43. The van der Waals surface area contributed by atoms with Crippen LogP contribution in [0.25, 0.3) is 0 Å². The minimum Gasteiger partial charge on any atom is -0.377 e. The normalized spacial score (nSPS) is 24.4. The highest BCUT2D eigenvalue weighted by atomic mass is 32.2. The van der Waals surface area contributed by atoms with Crippen molar-refractivity contribution >= 4 is 27.2 Å². The lowest BCUT2D eigenvalue weighted by molar-refractivity contribution is -0.385. The average molecular weight is 442 g/mol. The van der Waals surface area contributed by atoms with E-state index in [0.29, 0.717) is 39.0 Å². The molecular formula is C18H27N5O6S. The second kappa shape index (κ2) is 9.21. The first kappa shape index (κ1) is 22.3. The zero-order valence-corrected chi connectivity index (χ0v) is 18.0. The van der Waals surface area contributed by atoms with Crippen molar-refractivity contribution in [3.63, 3.8) is 0 Å². The summed E-state index contributed by atoms with van der Waals surface area (Å²) in [6, 6.07) is 0. The summed E-state index contributed by atoms with van der Waals surface area (Å²) in [5.74, 6) is -0.878. The standard InChI is InChI=1S/C18H27N5O6S/c1-3-16-15(6-9-29-16)18(25)20-30(2,28)14-4-7-21(8-5-14)17(24)12-22-11-13(10-19-22)23(26)27/h10-11,14-16H,3-9,12H2,1-2H3/t15-,16+,30?/m1/s1. The molecule has 166 valence electrons. The van der Waals surface area contributed by atoms with Gasteiger partial charge in [0.05, 0.1) is 26.7 Å². The van der Waals surface area contributed by atoms with Gasteiger partial charge in [-0.3, -0.25) is 24.4 Å². The van der Waals surface area contributed by atoms with E-state index in [-0.39, 0.29) is 41.3 Å². The van der Waals surface area contributed by atoms with Gasteiger partial charge in [-0.15, -0.1) is 0 Å². The van der Waals surface area contributed by atoms with Gasteiger partial charge >= 0.3 is 5.69 Å². The van der Waals surface area contributed by atoms with Crippen LogP contribution in [0.1, 0.15) is 32.6 Å². The predicted molar refractivity (Wildman–Crippen MR) is 108 cm³/mol. The molecule has 3 rings (SSSR count). The molecule has 0 saturated carbocycles. The number of nitro groups is 1. The Kier molecular flexibility index (Phi) is 6.86. The molecule has 0 aromatic carbocycles.